The number of amides is 2. The summed E-state index contributed by atoms with van der Waals surface area (Å²) in [4.78, 5) is 45.1. The van der Waals surface area contributed by atoms with E-state index in [4.69, 9.17) is 10.2 Å². The normalized spacial score (nSPS) is 12.9. The third-order valence-electron chi connectivity index (χ3n) is 2.77. The van der Waals surface area contributed by atoms with Crippen LogP contribution in [0.25, 0.3) is 0 Å². The van der Waals surface area contributed by atoms with Gasteiger partial charge >= 0.3 is 11.9 Å². The van der Waals surface area contributed by atoms with Gasteiger partial charge < -0.3 is 20.8 Å². The largest absolute Gasteiger partial charge is 0.480 e. The summed E-state index contributed by atoms with van der Waals surface area (Å²) in [6.07, 6.45) is 1.76. The van der Waals surface area contributed by atoms with Crippen LogP contribution < -0.4 is 10.6 Å². The Morgan fingerprint density at radius 1 is 0.792 bits per heavy atom. The van der Waals surface area contributed by atoms with Gasteiger partial charge in [-0.25, -0.2) is 9.59 Å². The van der Waals surface area contributed by atoms with Gasteiger partial charge in [-0.15, -0.1) is 0 Å². The molecule has 138 valence electrons. The zero-order valence-electron chi connectivity index (χ0n) is 13.7. The molecule has 0 radical (unpaired) electrons. The first-order chi connectivity index (χ1) is 11.3. The van der Waals surface area contributed by atoms with Gasteiger partial charge in [-0.3, -0.25) is 9.59 Å². The second kappa shape index (κ2) is 12.9. The maximum Gasteiger partial charge on any atom is 0.327 e. The topological polar surface area (TPSA) is 133 Å². The molecule has 4 N–H and O–H groups in total. The van der Waals surface area contributed by atoms with Crippen molar-refractivity contribution in [2.75, 3.05) is 11.5 Å². The van der Waals surface area contributed by atoms with E-state index in [0.29, 0.717) is 12.8 Å². The van der Waals surface area contributed by atoms with Crippen LogP contribution in [0, 0.1) is 0 Å². The fourth-order valence-corrected chi connectivity index (χ4v) is 3.88. The number of carboxylic acid groups (broad SMARTS) is 2. The predicted octanol–water partition coefficient (Wildman–Crippen LogP) is 1.11. The molecule has 0 heterocycles. The number of rotatable bonds is 13. The summed E-state index contributed by atoms with van der Waals surface area (Å²) in [5.41, 5.74) is 0. The molecule has 0 bridgehead atoms. The third kappa shape index (κ3) is 10.4. The number of carbonyl (C=O) groups is 4. The van der Waals surface area contributed by atoms with Crippen LogP contribution in [-0.2, 0) is 19.2 Å². The molecular weight excluding hydrogens is 356 g/mol. The zero-order chi connectivity index (χ0) is 18.5. The molecule has 8 nitrogen and oxygen atoms in total. The molecule has 2 atom stereocenters. The van der Waals surface area contributed by atoms with Crippen molar-refractivity contribution in [1.29, 1.82) is 0 Å². The molecule has 0 rings (SSSR count). The summed E-state index contributed by atoms with van der Waals surface area (Å²) in [7, 11) is 2.28. The van der Waals surface area contributed by atoms with E-state index < -0.39 is 24.0 Å². The first-order valence-corrected chi connectivity index (χ1v) is 10.1. The lowest BCUT2D eigenvalue weighted by Crippen LogP contribution is -2.43. The summed E-state index contributed by atoms with van der Waals surface area (Å²) in [5, 5.41) is 23.0. The Hall–Kier alpha value is -1.42. The smallest absolute Gasteiger partial charge is 0.327 e. The number of carbonyl (C=O) groups excluding carboxylic acids is 2. The summed E-state index contributed by atoms with van der Waals surface area (Å²) in [6.45, 7) is 3.64. The van der Waals surface area contributed by atoms with Crippen molar-refractivity contribution in [2.45, 2.75) is 51.6 Å². The number of nitrogens with one attached hydrogen (secondary N) is 2. The minimum atomic E-state index is -1.14. The molecular formula is C14H24N2O6S2. The van der Waals surface area contributed by atoms with Crippen molar-refractivity contribution in [3.05, 3.63) is 0 Å². The average Bonchev–Trinajstić information content (AvgIpc) is 2.49. The van der Waals surface area contributed by atoms with Gasteiger partial charge in [0.2, 0.25) is 11.8 Å². The van der Waals surface area contributed by atoms with Gasteiger partial charge in [-0.1, -0.05) is 35.4 Å². The molecule has 0 saturated heterocycles. The Morgan fingerprint density at radius 2 is 1.12 bits per heavy atom. The second-order valence-electron chi connectivity index (χ2n) is 4.99. The highest BCUT2D eigenvalue weighted by atomic mass is 33.1. The van der Waals surface area contributed by atoms with Crippen LogP contribution in [0.2, 0.25) is 0 Å². The van der Waals surface area contributed by atoms with Gasteiger partial charge in [0.15, 0.2) is 0 Å². The van der Waals surface area contributed by atoms with Crippen LogP contribution in [0.3, 0.4) is 0 Å². The van der Waals surface area contributed by atoms with Gasteiger partial charge in [0.25, 0.3) is 0 Å². The lowest BCUT2D eigenvalue weighted by Gasteiger charge is -2.16. The van der Waals surface area contributed by atoms with Crippen molar-refractivity contribution in [3.63, 3.8) is 0 Å². The van der Waals surface area contributed by atoms with Crippen LogP contribution in [-0.4, -0.2) is 57.6 Å². The molecule has 0 aromatic rings. The third-order valence-corrected chi connectivity index (χ3v) is 5.20. The number of hydrogen-bond donors (Lipinski definition) is 4. The molecule has 0 aromatic heterocycles. The van der Waals surface area contributed by atoms with E-state index in [1.807, 2.05) is 13.8 Å². The van der Waals surface area contributed by atoms with E-state index in [9.17, 15) is 19.2 Å². The average molecular weight is 380 g/mol. The molecule has 0 aromatic carbocycles. The Morgan fingerprint density at radius 3 is 1.38 bits per heavy atom. The molecule has 0 aliphatic rings. The van der Waals surface area contributed by atoms with Crippen molar-refractivity contribution >= 4 is 45.3 Å². The lowest BCUT2D eigenvalue weighted by atomic mass is 10.3. The Balaban J connectivity index is 4.28. The van der Waals surface area contributed by atoms with Crippen molar-refractivity contribution in [1.82, 2.24) is 10.6 Å². The van der Waals surface area contributed by atoms with E-state index in [0.717, 1.165) is 21.6 Å². The lowest BCUT2D eigenvalue weighted by molar-refractivity contribution is -0.141. The number of hydrogen-bond acceptors (Lipinski definition) is 6. The van der Waals surface area contributed by atoms with E-state index in [2.05, 4.69) is 10.6 Å². The van der Waals surface area contributed by atoms with Crippen LogP contribution in [0.15, 0.2) is 0 Å². The molecule has 0 fully saturated rings. The SMILES string of the molecule is CCCC(=O)N[C@@H](CSSC[C@H](NC(=O)CCC)C(=O)O)C(=O)O. The monoisotopic (exact) mass is 380 g/mol. The zero-order valence-corrected chi connectivity index (χ0v) is 15.4. The van der Waals surface area contributed by atoms with Crippen molar-refractivity contribution < 1.29 is 29.4 Å². The van der Waals surface area contributed by atoms with Gasteiger partial charge in [-0.05, 0) is 12.8 Å². The maximum atomic E-state index is 11.5. The Labute approximate surface area is 148 Å². The molecule has 0 spiro atoms. The molecule has 0 unspecified atom stereocenters. The first kappa shape index (κ1) is 22.6. The summed E-state index contributed by atoms with van der Waals surface area (Å²) >= 11 is 0. The highest BCUT2D eigenvalue weighted by Crippen LogP contribution is 2.23. The van der Waals surface area contributed by atoms with E-state index in [1.54, 1.807) is 0 Å². The van der Waals surface area contributed by atoms with E-state index in [-0.39, 0.29) is 36.2 Å². The minimum Gasteiger partial charge on any atom is -0.480 e. The highest BCUT2D eigenvalue weighted by molar-refractivity contribution is 8.76. The number of aliphatic carboxylic acids is 2. The maximum absolute atomic E-state index is 11.5. The van der Waals surface area contributed by atoms with E-state index in [1.165, 1.54) is 0 Å². The molecule has 2 amide bonds. The molecule has 24 heavy (non-hydrogen) atoms. The molecule has 0 saturated carbocycles. The Bertz CT molecular complexity index is 407. The summed E-state index contributed by atoms with van der Waals surface area (Å²) < 4.78 is 0. The second-order valence-corrected chi connectivity index (χ2v) is 7.54. The molecule has 0 aliphatic heterocycles. The number of carboxylic acids is 2. The minimum absolute atomic E-state index is 0.102. The van der Waals surface area contributed by atoms with Crippen molar-refractivity contribution in [2.24, 2.45) is 0 Å². The first-order valence-electron chi connectivity index (χ1n) is 7.60. The van der Waals surface area contributed by atoms with Gasteiger partial charge in [0.05, 0.1) is 0 Å². The van der Waals surface area contributed by atoms with Gasteiger partial charge in [0, 0.05) is 24.3 Å². The quantitative estimate of drug-likeness (QED) is 0.276. The molecule has 10 heteroatoms. The van der Waals surface area contributed by atoms with Crippen LogP contribution in [0.1, 0.15) is 39.5 Å². The van der Waals surface area contributed by atoms with Crippen LogP contribution >= 0.6 is 21.6 Å². The van der Waals surface area contributed by atoms with Crippen molar-refractivity contribution in [3.8, 4) is 0 Å². The van der Waals surface area contributed by atoms with Gasteiger partial charge in [-0.2, -0.15) is 0 Å². The fourth-order valence-electron chi connectivity index (χ4n) is 1.57. The standard InChI is InChI=1S/C14H24N2O6S2/c1-3-5-11(17)15-9(13(19)20)7-23-24-8-10(14(21)22)16-12(18)6-4-2/h9-10H,3-8H2,1-2H3,(H,15,17)(H,16,18)(H,19,20)(H,21,22)/t9-,10-/m0/s1. The molecule has 0 aliphatic carbocycles. The summed E-state index contributed by atoms with van der Waals surface area (Å²) in [5.74, 6) is -2.73. The van der Waals surface area contributed by atoms with E-state index >= 15 is 0 Å². The fraction of sp³-hybridized carbons (Fsp3) is 0.714. The van der Waals surface area contributed by atoms with Crippen LogP contribution in [0.4, 0.5) is 0 Å². The summed E-state index contributed by atoms with van der Waals surface area (Å²) in [6, 6.07) is -2.06. The Kier molecular flexibility index (Phi) is 12.2. The highest BCUT2D eigenvalue weighted by Gasteiger charge is 2.22. The van der Waals surface area contributed by atoms with Crippen LogP contribution in [0.5, 0.6) is 0 Å². The predicted molar refractivity (Wildman–Crippen MR) is 93.9 cm³/mol. The van der Waals surface area contributed by atoms with Gasteiger partial charge in [0.1, 0.15) is 12.1 Å².